The first kappa shape index (κ1) is 15.5. The van der Waals surface area contributed by atoms with E-state index in [0.717, 1.165) is 12.2 Å². The van der Waals surface area contributed by atoms with Crippen LogP contribution in [0.4, 0.5) is 4.39 Å². The molecule has 1 amide bonds. The maximum Gasteiger partial charge on any atom is 0.254 e. The topological polar surface area (TPSA) is 49.3 Å². The second-order valence-electron chi connectivity index (χ2n) is 3.76. The number of carbonyl (C=O) groups excluding carboxylic acids is 1. The molecule has 0 aliphatic carbocycles. The first-order valence-corrected chi connectivity index (χ1v) is 7.25. The van der Waals surface area contributed by atoms with Crippen LogP contribution in [0.3, 0.4) is 0 Å². The van der Waals surface area contributed by atoms with Gasteiger partial charge in [-0.15, -0.1) is 0 Å². The molecule has 0 aromatic heterocycles. The smallest absolute Gasteiger partial charge is 0.254 e. The fraction of sp³-hybridized carbons (Fsp3) is 0.357. The monoisotopic (exact) mass is 281 g/mol. The van der Waals surface area contributed by atoms with Crippen molar-refractivity contribution in [1.82, 2.24) is 5.32 Å². The summed E-state index contributed by atoms with van der Waals surface area (Å²) in [4.78, 5) is 11.7. The summed E-state index contributed by atoms with van der Waals surface area (Å²) in [7, 11) is 0. The highest BCUT2D eigenvalue weighted by molar-refractivity contribution is 7.98. The van der Waals surface area contributed by atoms with Crippen LogP contribution < -0.4 is 5.32 Å². The van der Waals surface area contributed by atoms with Gasteiger partial charge >= 0.3 is 0 Å². The zero-order valence-electron chi connectivity index (χ0n) is 10.7. The molecule has 0 bridgehead atoms. The summed E-state index contributed by atoms with van der Waals surface area (Å²) in [5.74, 6) is 4.95. The number of benzene rings is 1. The lowest BCUT2D eigenvalue weighted by atomic mass is 10.1. The van der Waals surface area contributed by atoms with Gasteiger partial charge in [0.05, 0.1) is 5.56 Å². The van der Waals surface area contributed by atoms with E-state index in [9.17, 15) is 9.18 Å². The molecule has 102 valence electrons. The lowest BCUT2D eigenvalue weighted by Gasteiger charge is -2.05. The van der Waals surface area contributed by atoms with Crippen LogP contribution in [0.25, 0.3) is 0 Å². The Morgan fingerprint density at radius 1 is 1.53 bits per heavy atom. The average Bonchev–Trinajstić information content (AvgIpc) is 2.41. The Bertz CT molecular complexity index is 494. The van der Waals surface area contributed by atoms with Crippen LogP contribution >= 0.6 is 11.8 Å². The van der Waals surface area contributed by atoms with Gasteiger partial charge in [0.2, 0.25) is 0 Å². The molecule has 0 aliphatic heterocycles. The number of hydrogen-bond acceptors (Lipinski definition) is 3. The molecular weight excluding hydrogens is 265 g/mol. The van der Waals surface area contributed by atoms with E-state index < -0.39 is 11.7 Å². The molecule has 0 saturated heterocycles. The minimum absolute atomic E-state index is 0.0127. The molecule has 5 heteroatoms. The van der Waals surface area contributed by atoms with Crippen molar-refractivity contribution < 1.29 is 14.3 Å². The van der Waals surface area contributed by atoms with Crippen LogP contribution in [0, 0.1) is 17.7 Å². The molecule has 0 unspecified atom stereocenters. The van der Waals surface area contributed by atoms with Gasteiger partial charge in [0.25, 0.3) is 5.91 Å². The zero-order chi connectivity index (χ0) is 14.1. The van der Waals surface area contributed by atoms with E-state index in [1.807, 2.05) is 6.26 Å². The van der Waals surface area contributed by atoms with Crippen molar-refractivity contribution in [3.05, 3.63) is 35.1 Å². The summed E-state index contributed by atoms with van der Waals surface area (Å²) in [6, 6.07) is 4.16. The zero-order valence-corrected chi connectivity index (χ0v) is 11.5. The Hall–Kier alpha value is -1.51. The van der Waals surface area contributed by atoms with E-state index in [1.54, 1.807) is 17.8 Å². The minimum atomic E-state index is -0.605. The van der Waals surface area contributed by atoms with Gasteiger partial charge < -0.3 is 10.4 Å². The van der Waals surface area contributed by atoms with Crippen molar-refractivity contribution in [2.45, 2.75) is 6.42 Å². The van der Waals surface area contributed by atoms with Gasteiger partial charge in [-0.25, -0.2) is 4.39 Å². The van der Waals surface area contributed by atoms with E-state index in [0.29, 0.717) is 12.1 Å². The van der Waals surface area contributed by atoms with Crippen LogP contribution in [0.2, 0.25) is 0 Å². The Morgan fingerprint density at radius 3 is 2.95 bits per heavy atom. The molecule has 1 rings (SSSR count). The molecular formula is C14H16FNO2S. The number of aliphatic hydroxyl groups is 1. The van der Waals surface area contributed by atoms with Gasteiger partial charge in [-0.05, 0) is 36.6 Å². The summed E-state index contributed by atoms with van der Waals surface area (Å²) < 4.78 is 13.7. The summed E-state index contributed by atoms with van der Waals surface area (Å²) in [5.41, 5.74) is 0.448. The van der Waals surface area contributed by atoms with Crippen molar-refractivity contribution in [1.29, 1.82) is 0 Å². The van der Waals surface area contributed by atoms with Crippen molar-refractivity contribution >= 4 is 17.7 Å². The number of aliphatic hydroxyl groups excluding tert-OH is 1. The van der Waals surface area contributed by atoms with Gasteiger partial charge in [0.15, 0.2) is 0 Å². The number of rotatable bonds is 5. The third-order valence-corrected chi connectivity index (χ3v) is 3.03. The molecule has 0 heterocycles. The maximum atomic E-state index is 13.7. The highest BCUT2D eigenvalue weighted by Gasteiger charge is 2.11. The minimum Gasteiger partial charge on any atom is -0.384 e. The van der Waals surface area contributed by atoms with Gasteiger partial charge in [0, 0.05) is 12.1 Å². The highest BCUT2D eigenvalue weighted by Crippen LogP contribution is 2.10. The van der Waals surface area contributed by atoms with E-state index in [1.165, 1.54) is 12.1 Å². The molecule has 0 radical (unpaired) electrons. The van der Waals surface area contributed by atoms with Crippen LogP contribution in [0.1, 0.15) is 22.3 Å². The highest BCUT2D eigenvalue weighted by atomic mass is 32.2. The summed E-state index contributed by atoms with van der Waals surface area (Å²) in [6.45, 7) is 0.254. The van der Waals surface area contributed by atoms with Crippen LogP contribution in [-0.4, -0.2) is 36.2 Å². The third-order valence-electron chi connectivity index (χ3n) is 2.34. The Kier molecular flexibility index (Phi) is 7.01. The first-order chi connectivity index (χ1) is 9.19. The predicted molar refractivity (Wildman–Crippen MR) is 75.7 cm³/mol. The van der Waals surface area contributed by atoms with Gasteiger partial charge in [-0.3, -0.25) is 4.79 Å². The van der Waals surface area contributed by atoms with Crippen LogP contribution in [-0.2, 0) is 0 Å². The number of hydrogen-bond donors (Lipinski definition) is 2. The quantitative estimate of drug-likeness (QED) is 0.637. The second-order valence-corrected chi connectivity index (χ2v) is 4.74. The molecule has 0 aliphatic rings. The Labute approximate surface area is 116 Å². The number of carbonyl (C=O) groups is 1. The van der Waals surface area contributed by atoms with E-state index >= 15 is 0 Å². The Balaban J connectivity index is 2.65. The third kappa shape index (κ3) is 5.33. The lowest BCUT2D eigenvalue weighted by Crippen LogP contribution is -2.25. The van der Waals surface area contributed by atoms with Gasteiger partial charge in [-0.2, -0.15) is 11.8 Å². The molecule has 2 N–H and O–H groups in total. The number of thioether (sulfide) groups is 1. The number of nitrogens with one attached hydrogen (secondary N) is 1. The molecule has 1 aromatic rings. The van der Waals surface area contributed by atoms with E-state index in [2.05, 4.69) is 17.2 Å². The standard InChI is InChI=1S/C14H16FNO2S/c1-19-9-3-7-16-14(18)12-6-5-11(4-2-8-17)10-13(12)15/h5-6,10,17H,3,7-9H2,1H3,(H,16,18). The second kappa shape index (κ2) is 8.57. The van der Waals surface area contributed by atoms with Crippen LogP contribution in [0.15, 0.2) is 18.2 Å². The number of amides is 1. The summed E-state index contributed by atoms with van der Waals surface area (Å²) in [5, 5.41) is 11.2. The SMILES string of the molecule is CSCCCNC(=O)c1ccc(C#CCO)cc1F. The fourth-order valence-corrected chi connectivity index (χ4v) is 1.87. The summed E-state index contributed by atoms with van der Waals surface area (Å²) >= 11 is 1.70. The fourth-order valence-electron chi connectivity index (χ4n) is 1.43. The Morgan fingerprint density at radius 2 is 2.32 bits per heavy atom. The molecule has 0 atom stereocenters. The number of halogens is 1. The average molecular weight is 281 g/mol. The van der Waals surface area contributed by atoms with E-state index in [4.69, 9.17) is 5.11 Å². The maximum absolute atomic E-state index is 13.7. The van der Waals surface area contributed by atoms with Gasteiger partial charge in [0.1, 0.15) is 12.4 Å². The van der Waals surface area contributed by atoms with Crippen molar-refractivity contribution in [3.8, 4) is 11.8 Å². The van der Waals surface area contributed by atoms with Crippen molar-refractivity contribution in [2.24, 2.45) is 0 Å². The van der Waals surface area contributed by atoms with Gasteiger partial charge in [-0.1, -0.05) is 11.8 Å². The largest absolute Gasteiger partial charge is 0.384 e. The van der Waals surface area contributed by atoms with Crippen molar-refractivity contribution in [2.75, 3.05) is 25.2 Å². The molecule has 0 fully saturated rings. The van der Waals surface area contributed by atoms with E-state index in [-0.39, 0.29) is 12.2 Å². The van der Waals surface area contributed by atoms with Crippen LogP contribution in [0.5, 0.6) is 0 Å². The molecule has 19 heavy (non-hydrogen) atoms. The molecule has 1 aromatic carbocycles. The predicted octanol–water partition coefficient (Wildman–Crippen LogP) is 1.65. The van der Waals surface area contributed by atoms with Crippen molar-refractivity contribution in [3.63, 3.8) is 0 Å². The normalized spacial score (nSPS) is 9.63. The molecule has 3 nitrogen and oxygen atoms in total. The molecule has 0 saturated carbocycles. The first-order valence-electron chi connectivity index (χ1n) is 5.85. The summed E-state index contributed by atoms with van der Waals surface area (Å²) in [6.07, 6.45) is 2.85. The molecule has 0 spiro atoms. The lowest BCUT2D eigenvalue weighted by molar-refractivity contribution is 0.0950.